The number of carbonyl (C=O) groups excluding carboxylic acids is 2. The number of carbonyl (C=O) groups is 2. The Morgan fingerprint density at radius 3 is 2.41 bits per heavy atom. The molecule has 1 amide bonds. The third kappa shape index (κ3) is 4.99. The molecule has 0 aliphatic carbocycles. The number of nitrogens with zero attached hydrogens (tertiary/aromatic N) is 3. The van der Waals surface area contributed by atoms with E-state index in [2.05, 4.69) is 4.98 Å². The predicted molar refractivity (Wildman–Crippen MR) is 130 cm³/mol. The average molecular weight is 480 g/mol. The zero-order valence-corrected chi connectivity index (χ0v) is 19.8. The van der Waals surface area contributed by atoms with Gasteiger partial charge >= 0.3 is 0 Å². The summed E-state index contributed by atoms with van der Waals surface area (Å²) in [5.74, 6) is -0.871. The van der Waals surface area contributed by atoms with Crippen LogP contribution in [0.3, 0.4) is 0 Å². The largest absolute Gasteiger partial charge is 0.507 e. The molecule has 2 heterocycles. The van der Waals surface area contributed by atoms with E-state index in [1.807, 2.05) is 48.9 Å². The van der Waals surface area contributed by atoms with Crippen molar-refractivity contribution in [2.75, 3.05) is 6.54 Å². The summed E-state index contributed by atoms with van der Waals surface area (Å²) >= 11 is 5.98. The molecule has 1 saturated heterocycles. The molecule has 8 heteroatoms. The number of hydrogen-bond donors (Lipinski definition) is 1. The fourth-order valence-electron chi connectivity index (χ4n) is 4.06. The van der Waals surface area contributed by atoms with Crippen molar-refractivity contribution in [3.8, 4) is 5.75 Å². The third-order valence-corrected chi connectivity index (χ3v) is 5.85. The van der Waals surface area contributed by atoms with Crippen LogP contribution < -0.4 is 4.74 Å². The highest BCUT2D eigenvalue weighted by Gasteiger charge is 2.45. The molecule has 2 aromatic carbocycles. The number of aliphatic hydroxyl groups is 1. The van der Waals surface area contributed by atoms with E-state index in [4.69, 9.17) is 16.3 Å². The van der Waals surface area contributed by atoms with Crippen molar-refractivity contribution >= 4 is 29.1 Å². The van der Waals surface area contributed by atoms with Crippen LogP contribution in [0, 0.1) is 0 Å². The lowest BCUT2D eigenvalue weighted by Crippen LogP contribution is -2.31. The van der Waals surface area contributed by atoms with E-state index in [1.165, 1.54) is 4.90 Å². The number of Topliss-reactive ketones (excluding diaryl/α,β-unsaturated/α-hetero) is 1. The van der Waals surface area contributed by atoms with Gasteiger partial charge in [-0.05, 0) is 62.2 Å². The highest BCUT2D eigenvalue weighted by atomic mass is 35.5. The molecule has 0 bridgehead atoms. The van der Waals surface area contributed by atoms with Crippen LogP contribution in [0.25, 0.3) is 5.76 Å². The van der Waals surface area contributed by atoms with Crippen molar-refractivity contribution in [2.45, 2.75) is 39.0 Å². The van der Waals surface area contributed by atoms with Gasteiger partial charge in [-0.3, -0.25) is 9.59 Å². The summed E-state index contributed by atoms with van der Waals surface area (Å²) in [5.41, 5.74) is 1.20. The first kappa shape index (κ1) is 23.6. The van der Waals surface area contributed by atoms with Gasteiger partial charge in [0.25, 0.3) is 11.7 Å². The number of imidazole rings is 1. The Labute approximate surface area is 203 Å². The van der Waals surface area contributed by atoms with E-state index in [0.717, 1.165) is 0 Å². The normalized spacial score (nSPS) is 17.5. The van der Waals surface area contributed by atoms with E-state index in [9.17, 15) is 14.7 Å². The Balaban J connectivity index is 1.71. The molecule has 1 atom stereocenters. The average Bonchev–Trinajstić information content (AvgIpc) is 3.42. The zero-order chi connectivity index (χ0) is 24.2. The number of halogens is 1. The summed E-state index contributed by atoms with van der Waals surface area (Å²) in [7, 11) is 0. The molecule has 1 aliphatic rings. The van der Waals surface area contributed by atoms with Gasteiger partial charge in [0.1, 0.15) is 11.5 Å². The number of ketones is 1. The van der Waals surface area contributed by atoms with Gasteiger partial charge in [0.05, 0.1) is 24.0 Å². The second-order valence-electron chi connectivity index (χ2n) is 8.39. The molecule has 4 rings (SSSR count). The Morgan fingerprint density at radius 2 is 1.79 bits per heavy atom. The number of amides is 1. The van der Waals surface area contributed by atoms with Crippen molar-refractivity contribution in [2.24, 2.45) is 0 Å². The van der Waals surface area contributed by atoms with Crippen molar-refractivity contribution < 1.29 is 19.4 Å². The van der Waals surface area contributed by atoms with E-state index in [1.54, 1.807) is 36.8 Å². The highest BCUT2D eigenvalue weighted by Crippen LogP contribution is 2.40. The molecule has 176 valence electrons. The molecule has 7 nitrogen and oxygen atoms in total. The van der Waals surface area contributed by atoms with Gasteiger partial charge in [0.2, 0.25) is 0 Å². The van der Waals surface area contributed by atoms with Crippen LogP contribution >= 0.6 is 11.6 Å². The van der Waals surface area contributed by atoms with E-state index in [0.29, 0.717) is 41.4 Å². The Hall–Kier alpha value is -3.58. The summed E-state index contributed by atoms with van der Waals surface area (Å²) in [6, 6.07) is 13.1. The SMILES string of the molecule is CC(C)Oc1ccc([C@H]2C(=C(O)c3ccc(Cl)cc3)C(=O)C(=O)N2CCCn2ccnc2)cc1. The standard InChI is InChI=1S/C26H26ClN3O4/c1-17(2)34-21-10-6-18(7-11-21)23-22(24(31)19-4-8-20(27)9-5-19)25(32)26(33)30(23)14-3-13-29-15-12-28-16-29/h4-12,15-17,23,31H,3,13-14H2,1-2H3/t23-/m0/s1. The van der Waals surface area contributed by atoms with E-state index in [-0.39, 0.29) is 17.4 Å². The van der Waals surface area contributed by atoms with Crippen molar-refractivity contribution in [3.63, 3.8) is 0 Å². The maximum atomic E-state index is 13.1. The molecule has 3 aromatic rings. The van der Waals surface area contributed by atoms with Crippen LogP contribution in [-0.2, 0) is 16.1 Å². The molecule has 1 fully saturated rings. The minimum Gasteiger partial charge on any atom is -0.507 e. The summed E-state index contributed by atoms with van der Waals surface area (Å²) in [6.45, 7) is 4.87. The van der Waals surface area contributed by atoms with Crippen LogP contribution in [0.5, 0.6) is 5.75 Å². The van der Waals surface area contributed by atoms with Gasteiger partial charge in [-0.1, -0.05) is 23.7 Å². The zero-order valence-electron chi connectivity index (χ0n) is 19.0. The molecule has 1 N–H and O–H groups in total. The molecule has 0 saturated carbocycles. The molecular weight excluding hydrogens is 454 g/mol. The first-order chi connectivity index (χ1) is 16.3. The summed E-state index contributed by atoms with van der Waals surface area (Å²) in [5, 5.41) is 11.6. The van der Waals surface area contributed by atoms with Gasteiger partial charge in [0, 0.05) is 36.1 Å². The van der Waals surface area contributed by atoms with Gasteiger partial charge in [-0.2, -0.15) is 0 Å². The van der Waals surface area contributed by atoms with Crippen LogP contribution in [0.15, 0.2) is 72.8 Å². The first-order valence-corrected chi connectivity index (χ1v) is 11.5. The van der Waals surface area contributed by atoms with Crippen molar-refractivity contribution in [1.29, 1.82) is 0 Å². The monoisotopic (exact) mass is 479 g/mol. The van der Waals surface area contributed by atoms with E-state index < -0.39 is 17.7 Å². The molecule has 0 unspecified atom stereocenters. The number of hydrogen-bond acceptors (Lipinski definition) is 5. The highest BCUT2D eigenvalue weighted by molar-refractivity contribution is 6.46. The van der Waals surface area contributed by atoms with Crippen molar-refractivity contribution in [1.82, 2.24) is 14.5 Å². The molecule has 0 radical (unpaired) electrons. The molecule has 34 heavy (non-hydrogen) atoms. The Morgan fingerprint density at radius 1 is 1.09 bits per heavy atom. The Bertz CT molecular complexity index is 1190. The van der Waals surface area contributed by atoms with Gasteiger partial charge < -0.3 is 19.3 Å². The molecular formula is C26H26ClN3O4. The predicted octanol–water partition coefficient (Wildman–Crippen LogP) is 4.84. The number of rotatable bonds is 8. The van der Waals surface area contributed by atoms with E-state index >= 15 is 0 Å². The lowest BCUT2D eigenvalue weighted by Gasteiger charge is -2.25. The van der Waals surface area contributed by atoms with Gasteiger partial charge in [0.15, 0.2) is 0 Å². The maximum absolute atomic E-state index is 13.1. The van der Waals surface area contributed by atoms with Crippen LogP contribution in [0.2, 0.25) is 5.02 Å². The van der Waals surface area contributed by atoms with Crippen LogP contribution in [0.4, 0.5) is 0 Å². The Kier molecular flexibility index (Phi) is 7.03. The number of aryl methyl sites for hydroxylation is 1. The fourth-order valence-corrected chi connectivity index (χ4v) is 4.19. The number of benzene rings is 2. The second-order valence-corrected chi connectivity index (χ2v) is 8.83. The summed E-state index contributed by atoms with van der Waals surface area (Å²) in [4.78, 5) is 31.7. The van der Waals surface area contributed by atoms with Crippen molar-refractivity contribution in [3.05, 3.63) is 89.0 Å². The second kappa shape index (κ2) is 10.1. The first-order valence-electron chi connectivity index (χ1n) is 11.1. The quantitative estimate of drug-likeness (QED) is 0.284. The molecule has 1 aliphatic heterocycles. The smallest absolute Gasteiger partial charge is 0.295 e. The van der Waals surface area contributed by atoms with Crippen LogP contribution in [-0.4, -0.2) is 43.9 Å². The van der Waals surface area contributed by atoms with Crippen LogP contribution in [0.1, 0.15) is 37.4 Å². The summed E-state index contributed by atoms with van der Waals surface area (Å²) < 4.78 is 7.65. The minimum atomic E-state index is -0.716. The van der Waals surface area contributed by atoms with Gasteiger partial charge in [-0.25, -0.2) is 4.98 Å². The maximum Gasteiger partial charge on any atom is 0.295 e. The minimum absolute atomic E-state index is 0.0181. The number of likely N-dealkylation sites (tertiary alicyclic amines) is 1. The number of ether oxygens (including phenoxy) is 1. The number of aliphatic hydroxyl groups excluding tert-OH is 1. The lowest BCUT2D eigenvalue weighted by molar-refractivity contribution is -0.139. The molecule has 0 spiro atoms. The third-order valence-electron chi connectivity index (χ3n) is 5.60. The topological polar surface area (TPSA) is 84.7 Å². The lowest BCUT2D eigenvalue weighted by atomic mass is 9.95. The summed E-state index contributed by atoms with van der Waals surface area (Å²) in [6.07, 6.45) is 5.89. The number of aromatic nitrogens is 2. The fraction of sp³-hybridized carbons (Fsp3) is 0.269. The molecule has 1 aromatic heterocycles. The van der Waals surface area contributed by atoms with Gasteiger partial charge in [-0.15, -0.1) is 0 Å².